The van der Waals surface area contributed by atoms with Crippen molar-refractivity contribution in [3.63, 3.8) is 0 Å². The molecule has 2 nitrogen and oxygen atoms in total. The summed E-state index contributed by atoms with van der Waals surface area (Å²) in [6, 6.07) is 13.7. The Morgan fingerprint density at radius 3 is 2.56 bits per heavy atom. The summed E-state index contributed by atoms with van der Waals surface area (Å²) >= 11 is 0. The monoisotopic (exact) mass is 213 g/mol. The molecule has 1 unspecified atom stereocenters. The first-order valence-corrected chi connectivity index (χ1v) is 5.41. The normalized spacial score (nSPS) is 12.4. The maximum Gasteiger partial charge on any atom is 0.1000 e. The van der Waals surface area contributed by atoms with Gasteiger partial charge in [0.15, 0.2) is 0 Å². The lowest BCUT2D eigenvalue weighted by Gasteiger charge is -2.11. The number of aryl methyl sites for hydroxylation is 1. The molecule has 1 atom stereocenters. The molecule has 0 aliphatic rings. The van der Waals surface area contributed by atoms with E-state index < -0.39 is 6.10 Å². The van der Waals surface area contributed by atoms with Crippen molar-refractivity contribution in [1.29, 1.82) is 0 Å². The second-order valence-electron chi connectivity index (χ2n) is 3.90. The van der Waals surface area contributed by atoms with Crippen molar-refractivity contribution in [2.45, 2.75) is 19.4 Å². The number of hydrogen-bond acceptors (Lipinski definition) is 2. The third kappa shape index (κ3) is 2.47. The lowest BCUT2D eigenvalue weighted by molar-refractivity contribution is 0.173. The van der Waals surface area contributed by atoms with Crippen LogP contribution in [0, 0.1) is 6.92 Å². The number of pyridine rings is 1. The van der Waals surface area contributed by atoms with Crippen LogP contribution in [-0.4, -0.2) is 10.1 Å². The van der Waals surface area contributed by atoms with Gasteiger partial charge in [-0.2, -0.15) is 0 Å². The standard InChI is InChI=1S/C14H15NO/c1-11-6-2-3-7-12(11)10-14(16)13-8-4-5-9-15-13/h2-9,14,16H,10H2,1H3. The molecule has 0 spiro atoms. The predicted molar refractivity (Wildman–Crippen MR) is 64.1 cm³/mol. The zero-order chi connectivity index (χ0) is 11.4. The second-order valence-corrected chi connectivity index (χ2v) is 3.90. The fourth-order valence-corrected chi connectivity index (χ4v) is 1.73. The van der Waals surface area contributed by atoms with Gasteiger partial charge in [-0.05, 0) is 30.2 Å². The average Bonchev–Trinajstić information content (AvgIpc) is 2.33. The number of aromatic nitrogens is 1. The minimum absolute atomic E-state index is 0.526. The summed E-state index contributed by atoms with van der Waals surface area (Å²) < 4.78 is 0. The van der Waals surface area contributed by atoms with Crippen LogP contribution in [-0.2, 0) is 6.42 Å². The van der Waals surface area contributed by atoms with Crippen LogP contribution in [0.4, 0.5) is 0 Å². The zero-order valence-electron chi connectivity index (χ0n) is 9.30. The molecule has 16 heavy (non-hydrogen) atoms. The van der Waals surface area contributed by atoms with E-state index >= 15 is 0 Å². The summed E-state index contributed by atoms with van der Waals surface area (Å²) in [7, 11) is 0. The van der Waals surface area contributed by atoms with E-state index in [9.17, 15) is 5.11 Å². The Kier molecular flexibility index (Phi) is 3.32. The van der Waals surface area contributed by atoms with E-state index in [2.05, 4.69) is 18.0 Å². The Balaban J connectivity index is 2.14. The number of aliphatic hydroxyl groups excluding tert-OH is 1. The molecular weight excluding hydrogens is 198 g/mol. The first kappa shape index (κ1) is 10.8. The van der Waals surface area contributed by atoms with Crippen molar-refractivity contribution in [2.75, 3.05) is 0 Å². The first-order valence-electron chi connectivity index (χ1n) is 5.41. The third-order valence-corrected chi connectivity index (χ3v) is 2.70. The Hall–Kier alpha value is -1.67. The van der Waals surface area contributed by atoms with Gasteiger partial charge in [0, 0.05) is 12.6 Å². The molecule has 1 aromatic carbocycles. The molecule has 0 radical (unpaired) electrons. The molecule has 0 bridgehead atoms. The van der Waals surface area contributed by atoms with E-state index in [1.807, 2.05) is 36.4 Å². The van der Waals surface area contributed by atoms with Gasteiger partial charge in [0.25, 0.3) is 0 Å². The lowest BCUT2D eigenvalue weighted by Crippen LogP contribution is -2.04. The molecule has 1 aromatic heterocycles. The molecule has 0 amide bonds. The topological polar surface area (TPSA) is 33.1 Å². The highest BCUT2D eigenvalue weighted by atomic mass is 16.3. The summed E-state index contributed by atoms with van der Waals surface area (Å²) in [4.78, 5) is 4.15. The number of benzene rings is 1. The molecule has 0 aliphatic heterocycles. The van der Waals surface area contributed by atoms with Gasteiger partial charge in [-0.25, -0.2) is 0 Å². The lowest BCUT2D eigenvalue weighted by atomic mass is 10.0. The van der Waals surface area contributed by atoms with E-state index in [0.29, 0.717) is 6.42 Å². The zero-order valence-corrected chi connectivity index (χ0v) is 9.30. The SMILES string of the molecule is Cc1ccccc1CC(O)c1ccccn1. The van der Waals surface area contributed by atoms with Gasteiger partial charge in [0.1, 0.15) is 0 Å². The second kappa shape index (κ2) is 4.90. The van der Waals surface area contributed by atoms with Gasteiger partial charge in [-0.3, -0.25) is 4.98 Å². The molecular formula is C14H15NO. The van der Waals surface area contributed by atoms with Gasteiger partial charge in [0.2, 0.25) is 0 Å². The minimum Gasteiger partial charge on any atom is -0.386 e. The molecule has 2 aromatic rings. The van der Waals surface area contributed by atoms with Crippen molar-refractivity contribution < 1.29 is 5.11 Å². The Morgan fingerprint density at radius 1 is 1.12 bits per heavy atom. The minimum atomic E-state index is -0.526. The van der Waals surface area contributed by atoms with Crippen LogP contribution in [0.1, 0.15) is 22.9 Å². The van der Waals surface area contributed by atoms with Crippen LogP contribution in [0.5, 0.6) is 0 Å². The Bertz CT molecular complexity index is 453. The fourth-order valence-electron chi connectivity index (χ4n) is 1.73. The molecule has 1 N–H and O–H groups in total. The van der Waals surface area contributed by atoms with Gasteiger partial charge in [-0.1, -0.05) is 30.3 Å². The molecule has 2 heteroatoms. The summed E-state index contributed by atoms with van der Waals surface area (Å²) in [5, 5.41) is 10.0. The van der Waals surface area contributed by atoms with Gasteiger partial charge >= 0.3 is 0 Å². The largest absolute Gasteiger partial charge is 0.386 e. The molecule has 1 heterocycles. The van der Waals surface area contributed by atoms with Crippen LogP contribution in [0.15, 0.2) is 48.7 Å². The van der Waals surface area contributed by atoms with Crippen molar-refractivity contribution in [1.82, 2.24) is 4.98 Å². The van der Waals surface area contributed by atoms with E-state index in [1.165, 1.54) is 11.1 Å². The van der Waals surface area contributed by atoms with Crippen molar-refractivity contribution in [3.05, 3.63) is 65.5 Å². The van der Waals surface area contributed by atoms with Gasteiger partial charge < -0.3 is 5.11 Å². The highest BCUT2D eigenvalue weighted by Crippen LogP contribution is 2.18. The van der Waals surface area contributed by atoms with Crippen LogP contribution in [0.3, 0.4) is 0 Å². The number of rotatable bonds is 3. The third-order valence-electron chi connectivity index (χ3n) is 2.70. The van der Waals surface area contributed by atoms with E-state index in [1.54, 1.807) is 6.20 Å². The smallest absolute Gasteiger partial charge is 0.1000 e. The van der Waals surface area contributed by atoms with Crippen molar-refractivity contribution in [2.24, 2.45) is 0 Å². The molecule has 0 fully saturated rings. The van der Waals surface area contributed by atoms with E-state index in [-0.39, 0.29) is 0 Å². The van der Waals surface area contributed by atoms with Crippen LogP contribution >= 0.6 is 0 Å². The number of hydrogen-bond donors (Lipinski definition) is 1. The maximum atomic E-state index is 10.0. The highest BCUT2D eigenvalue weighted by molar-refractivity contribution is 5.27. The molecule has 0 saturated carbocycles. The Labute approximate surface area is 95.6 Å². The van der Waals surface area contributed by atoms with E-state index in [4.69, 9.17) is 0 Å². The molecule has 0 saturated heterocycles. The predicted octanol–water partition coefficient (Wildman–Crippen LogP) is 2.67. The maximum absolute atomic E-state index is 10.0. The summed E-state index contributed by atoms with van der Waals surface area (Å²) in [5.74, 6) is 0. The first-order chi connectivity index (χ1) is 7.77. The number of aliphatic hydroxyl groups is 1. The highest BCUT2D eigenvalue weighted by Gasteiger charge is 2.10. The quantitative estimate of drug-likeness (QED) is 0.850. The molecule has 2 rings (SSSR count). The number of nitrogens with zero attached hydrogens (tertiary/aromatic N) is 1. The van der Waals surface area contributed by atoms with Crippen LogP contribution in [0.2, 0.25) is 0 Å². The van der Waals surface area contributed by atoms with Crippen LogP contribution < -0.4 is 0 Å². The van der Waals surface area contributed by atoms with Gasteiger partial charge in [-0.15, -0.1) is 0 Å². The van der Waals surface area contributed by atoms with Gasteiger partial charge in [0.05, 0.1) is 11.8 Å². The van der Waals surface area contributed by atoms with Crippen LogP contribution in [0.25, 0.3) is 0 Å². The Morgan fingerprint density at radius 2 is 1.88 bits per heavy atom. The molecule has 0 aliphatic carbocycles. The summed E-state index contributed by atoms with van der Waals surface area (Å²) in [6.07, 6.45) is 1.79. The summed E-state index contributed by atoms with van der Waals surface area (Å²) in [6.45, 7) is 2.06. The van der Waals surface area contributed by atoms with E-state index in [0.717, 1.165) is 5.69 Å². The van der Waals surface area contributed by atoms with Crippen molar-refractivity contribution in [3.8, 4) is 0 Å². The van der Waals surface area contributed by atoms with Crippen molar-refractivity contribution >= 4 is 0 Å². The summed E-state index contributed by atoms with van der Waals surface area (Å²) in [5.41, 5.74) is 3.10. The fraction of sp³-hybridized carbons (Fsp3) is 0.214. The molecule has 82 valence electrons. The average molecular weight is 213 g/mol.